The van der Waals surface area contributed by atoms with Crippen LogP contribution in [0.2, 0.25) is 0 Å². The summed E-state index contributed by atoms with van der Waals surface area (Å²) < 4.78 is 53.7. The predicted molar refractivity (Wildman–Crippen MR) is 89.9 cm³/mol. The summed E-state index contributed by atoms with van der Waals surface area (Å²) in [5.74, 6) is -1.03. The van der Waals surface area contributed by atoms with E-state index in [1.807, 2.05) is 13.8 Å². The van der Waals surface area contributed by atoms with Gasteiger partial charge in [-0.15, -0.1) is 12.4 Å². The lowest BCUT2D eigenvalue weighted by Gasteiger charge is -2.39. The lowest BCUT2D eigenvalue weighted by atomic mass is 9.88. The number of nitrogens with zero attached hydrogens (tertiary/aromatic N) is 1. The van der Waals surface area contributed by atoms with E-state index in [0.29, 0.717) is 13.1 Å². The Bertz CT molecular complexity index is 516. The first kappa shape index (κ1) is 21.2. The van der Waals surface area contributed by atoms with Crippen LogP contribution in [0, 0.1) is 11.7 Å². The van der Waals surface area contributed by atoms with Gasteiger partial charge >= 0.3 is 6.18 Å². The smallest absolute Gasteiger partial charge is 0.314 e. The van der Waals surface area contributed by atoms with Crippen molar-refractivity contribution >= 4 is 12.4 Å². The molecule has 2 atom stereocenters. The minimum Gasteiger partial charge on any atom is -0.314 e. The molecule has 0 bridgehead atoms. The third kappa shape index (κ3) is 4.83. The number of hydrogen-bond acceptors (Lipinski definition) is 2. The maximum absolute atomic E-state index is 14.6. The first-order valence-electron chi connectivity index (χ1n) is 8.16. The number of halogens is 5. The highest BCUT2D eigenvalue weighted by Crippen LogP contribution is 2.38. The van der Waals surface area contributed by atoms with Crippen LogP contribution in [0.15, 0.2) is 18.2 Å². The molecule has 1 aliphatic rings. The van der Waals surface area contributed by atoms with Crippen LogP contribution in [-0.4, -0.2) is 31.1 Å². The molecule has 0 aromatic heterocycles. The molecule has 0 aliphatic carbocycles. The van der Waals surface area contributed by atoms with E-state index in [9.17, 15) is 17.6 Å². The first-order valence-corrected chi connectivity index (χ1v) is 8.16. The quantitative estimate of drug-likeness (QED) is 0.761. The molecule has 1 aliphatic heterocycles. The predicted octanol–water partition coefficient (Wildman–Crippen LogP) is 4.65. The molecule has 1 fully saturated rings. The number of alkyl halides is 3. The summed E-state index contributed by atoms with van der Waals surface area (Å²) in [6, 6.07) is 3.32. The second-order valence-corrected chi connectivity index (χ2v) is 6.20. The maximum Gasteiger partial charge on any atom is 0.419 e. The molecule has 2 nitrogen and oxygen atoms in total. The summed E-state index contributed by atoms with van der Waals surface area (Å²) in [5, 5.41) is 3.23. The van der Waals surface area contributed by atoms with Crippen LogP contribution in [0.3, 0.4) is 0 Å². The fraction of sp³-hybridized carbons (Fsp3) is 0.647. The molecular formula is C17H25ClF4N2. The van der Waals surface area contributed by atoms with Gasteiger partial charge in [0.15, 0.2) is 0 Å². The van der Waals surface area contributed by atoms with E-state index in [4.69, 9.17) is 0 Å². The summed E-state index contributed by atoms with van der Waals surface area (Å²) in [6.07, 6.45) is -2.89. The topological polar surface area (TPSA) is 15.3 Å². The number of nitrogens with one attached hydrogen (secondary N) is 1. The fourth-order valence-corrected chi connectivity index (χ4v) is 3.43. The third-order valence-electron chi connectivity index (χ3n) is 4.48. The first-order chi connectivity index (χ1) is 10.9. The van der Waals surface area contributed by atoms with Gasteiger partial charge in [0.1, 0.15) is 5.82 Å². The number of piperazine rings is 1. The van der Waals surface area contributed by atoms with Gasteiger partial charge in [-0.1, -0.05) is 32.4 Å². The summed E-state index contributed by atoms with van der Waals surface area (Å²) in [5.41, 5.74) is -0.999. The highest BCUT2D eigenvalue weighted by molar-refractivity contribution is 5.85. The Labute approximate surface area is 147 Å². The van der Waals surface area contributed by atoms with E-state index in [-0.39, 0.29) is 29.9 Å². The number of hydrogen-bond donors (Lipinski definition) is 1. The molecule has 1 heterocycles. The SMILES string of the molecule is CCCC(C)[C@@H](c1cccc(C(F)(F)F)c1F)N1CCNCC1.Cl. The van der Waals surface area contributed by atoms with Crippen molar-refractivity contribution in [3.8, 4) is 0 Å². The standard InChI is InChI=1S/C17H24F4N2.ClH/c1-3-5-12(2)16(23-10-8-22-9-11-23)13-6-4-7-14(15(13)18)17(19,20)21;/h4,6-7,12,16,22H,3,5,8-11H2,1-2H3;1H/t12?,16-;/m0./s1. The van der Waals surface area contributed by atoms with Crippen molar-refractivity contribution in [3.05, 3.63) is 35.1 Å². The Balaban J connectivity index is 0.00000288. The third-order valence-corrected chi connectivity index (χ3v) is 4.48. The largest absolute Gasteiger partial charge is 0.419 e. The Hall–Kier alpha value is -0.850. The van der Waals surface area contributed by atoms with E-state index < -0.39 is 17.6 Å². The van der Waals surface area contributed by atoms with Crippen molar-refractivity contribution in [3.63, 3.8) is 0 Å². The lowest BCUT2D eigenvalue weighted by molar-refractivity contribution is -0.140. The molecule has 138 valence electrons. The zero-order chi connectivity index (χ0) is 17.0. The average Bonchev–Trinajstić information content (AvgIpc) is 2.49. The molecule has 7 heteroatoms. The van der Waals surface area contributed by atoms with Gasteiger partial charge in [0.25, 0.3) is 0 Å². The van der Waals surface area contributed by atoms with Crippen LogP contribution >= 0.6 is 12.4 Å². The van der Waals surface area contributed by atoms with Crippen molar-refractivity contribution in [2.45, 2.75) is 38.9 Å². The molecule has 1 unspecified atom stereocenters. The van der Waals surface area contributed by atoms with Gasteiger partial charge < -0.3 is 5.32 Å². The van der Waals surface area contributed by atoms with Crippen molar-refractivity contribution in [2.24, 2.45) is 5.92 Å². The fourth-order valence-electron chi connectivity index (χ4n) is 3.43. The van der Waals surface area contributed by atoms with Crippen molar-refractivity contribution in [1.82, 2.24) is 10.2 Å². The monoisotopic (exact) mass is 368 g/mol. The van der Waals surface area contributed by atoms with E-state index in [1.54, 1.807) is 0 Å². The van der Waals surface area contributed by atoms with Crippen LogP contribution in [0.25, 0.3) is 0 Å². The molecule has 0 saturated carbocycles. The van der Waals surface area contributed by atoms with Gasteiger partial charge in [-0.05, 0) is 18.4 Å². The van der Waals surface area contributed by atoms with E-state index >= 15 is 0 Å². The molecule has 1 aromatic carbocycles. The molecule has 24 heavy (non-hydrogen) atoms. The van der Waals surface area contributed by atoms with Crippen LogP contribution < -0.4 is 5.32 Å². The molecule has 0 spiro atoms. The summed E-state index contributed by atoms with van der Waals surface area (Å²) in [7, 11) is 0. The minimum atomic E-state index is -4.66. The second-order valence-electron chi connectivity index (χ2n) is 6.20. The minimum absolute atomic E-state index is 0. The molecule has 1 aromatic rings. The molecule has 2 rings (SSSR count). The van der Waals surface area contributed by atoms with Crippen LogP contribution in [0.1, 0.15) is 43.9 Å². The summed E-state index contributed by atoms with van der Waals surface area (Å²) in [4.78, 5) is 2.11. The van der Waals surface area contributed by atoms with Crippen LogP contribution in [0.5, 0.6) is 0 Å². The molecular weight excluding hydrogens is 344 g/mol. The maximum atomic E-state index is 14.6. The average molecular weight is 369 g/mol. The van der Waals surface area contributed by atoms with Gasteiger partial charge in [-0.25, -0.2) is 4.39 Å². The molecule has 1 saturated heterocycles. The van der Waals surface area contributed by atoms with Crippen LogP contribution in [0.4, 0.5) is 17.6 Å². The summed E-state index contributed by atoms with van der Waals surface area (Å²) in [6.45, 7) is 7.01. The Morgan fingerprint density at radius 3 is 2.38 bits per heavy atom. The van der Waals surface area contributed by atoms with Gasteiger partial charge in [0, 0.05) is 37.8 Å². The lowest BCUT2D eigenvalue weighted by Crippen LogP contribution is -2.47. The molecule has 0 radical (unpaired) electrons. The normalized spacial score (nSPS) is 18.8. The zero-order valence-corrected chi connectivity index (χ0v) is 14.8. The van der Waals surface area contributed by atoms with Crippen LogP contribution in [-0.2, 0) is 6.18 Å². The molecule has 0 amide bonds. The van der Waals surface area contributed by atoms with E-state index in [0.717, 1.165) is 32.0 Å². The van der Waals surface area contributed by atoms with Crippen molar-refractivity contribution < 1.29 is 17.6 Å². The van der Waals surface area contributed by atoms with E-state index in [1.165, 1.54) is 12.1 Å². The van der Waals surface area contributed by atoms with E-state index in [2.05, 4.69) is 10.2 Å². The Morgan fingerprint density at radius 1 is 1.21 bits per heavy atom. The van der Waals surface area contributed by atoms with Gasteiger partial charge in [-0.2, -0.15) is 13.2 Å². The number of benzene rings is 1. The summed E-state index contributed by atoms with van der Waals surface area (Å²) >= 11 is 0. The number of rotatable bonds is 5. The van der Waals surface area contributed by atoms with Crippen molar-refractivity contribution in [2.75, 3.05) is 26.2 Å². The molecule has 1 N–H and O–H groups in total. The Morgan fingerprint density at radius 2 is 1.83 bits per heavy atom. The van der Waals surface area contributed by atoms with Gasteiger partial charge in [-0.3, -0.25) is 4.90 Å². The van der Waals surface area contributed by atoms with Gasteiger partial charge in [0.2, 0.25) is 0 Å². The van der Waals surface area contributed by atoms with Gasteiger partial charge in [0.05, 0.1) is 5.56 Å². The highest BCUT2D eigenvalue weighted by Gasteiger charge is 2.37. The second kappa shape index (κ2) is 9.02. The van der Waals surface area contributed by atoms with Crippen molar-refractivity contribution in [1.29, 1.82) is 0 Å². The highest BCUT2D eigenvalue weighted by atomic mass is 35.5. The Kier molecular flexibility index (Phi) is 7.96. The zero-order valence-electron chi connectivity index (χ0n) is 14.0.